The minimum atomic E-state index is 0.256. The fraction of sp³-hybridized carbons (Fsp3) is 0.941. The van der Waals surface area contributed by atoms with Gasteiger partial charge < -0.3 is 20.2 Å². The molecule has 22 heavy (non-hydrogen) atoms. The third kappa shape index (κ3) is 5.21. The van der Waals surface area contributed by atoms with Crippen LogP contribution in [-0.2, 0) is 4.79 Å². The van der Waals surface area contributed by atoms with Gasteiger partial charge in [-0.1, -0.05) is 6.92 Å². The molecule has 0 bridgehead atoms. The van der Waals surface area contributed by atoms with Crippen molar-refractivity contribution >= 4 is 5.91 Å². The van der Waals surface area contributed by atoms with Crippen LogP contribution in [0.15, 0.2) is 0 Å². The SMILES string of the molecule is CC[C@H]1CCCCN1C(=O)CNCC1CCN(CCO)CC1. The number of hydrogen-bond acceptors (Lipinski definition) is 4. The summed E-state index contributed by atoms with van der Waals surface area (Å²) in [5, 5.41) is 12.3. The fourth-order valence-electron chi connectivity index (χ4n) is 3.79. The van der Waals surface area contributed by atoms with E-state index in [4.69, 9.17) is 5.11 Å². The second-order valence-electron chi connectivity index (χ2n) is 6.78. The largest absolute Gasteiger partial charge is 0.395 e. The van der Waals surface area contributed by atoms with Gasteiger partial charge in [0.2, 0.25) is 5.91 Å². The zero-order valence-corrected chi connectivity index (χ0v) is 14.1. The maximum absolute atomic E-state index is 12.4. The van der Waals surface area contributed by atoms with Gasteiger partial charge in [-0.2, -0.15) is 0 Å². The van der Waals surface area contributed by atoms with E-state index < -0.39 is 0 Å². The van der Waals surface area contributed by atoms with Gasteiger partial charge in [0, 0.05) is 19.1 Å². The molecule has 0 saturated carbocycles. The molecule has 0 radical (unpaired) electrons. The molecule has 2 heterocycles. The molecule has 1 amide bonds. The van der Waals surface area contributed by atoms with E-state index in [9.17, 15) is 4.79 Å². The van der Waals surface area contributed by atoms with Crippen molar-refractivity contribution in [3.8, 4) is 0 Å². The molecular weight excluding hydrogens is 278 g/mol. The topological polar surface area (TPSA) is 55.8 Å². The lowest BCUT2D eigenvalue weighted by atomic mass is 9.97. The van der Waals surface area contributed by atoms with Crippen LogP contribution in [0, 0.1) is 5.92 Å². The summed E-state index contributed by atoms with van der Waals surface area (Å²) in [6.07, 6.45) is 7.01. The summed E-state index contributed by atoms with van der Waals surface area (Å²) < 4.78 is 0. The summed E-state index contributed by atoms with van der Waals surface area (Å²) in [6, 6.07) is 0.463. The molecule has 0 aromatic rings. The first-order valence-corrected chi connectivity index (χ1v) is 9.08. The predicted octanol–water partition coefficient (Wildman–Crippen LogP) is 1.07. The minimum absolute atomic E-state index is 0.256. The van der Waals surface area contributed by atoms with E-state index in [2.05, 4.69) is 22.0 Å². The van der Waals surface area contributed by atoms with E-state index in [0.717, 1.165) is 45.6 Å². The van der Waals surface area contributed by atoms with Gasteiger partial charge in [0.1, 0.15) is 0 Å². The number of rotatable bonds is 7. The van der Waals surface area contributed by atoms with Crippen molar-refractivity contribution in [2.24, 2.45) is 5.92 Å². The zero-order valence-electron chi connectivity index (χ0n) is 14.1. The fourth-order valence-corrected chi connectivity index (χ4v) is 3.79. The summed E-state index contributed by atoms with van der Waals surface area (Å²) in [7, 11) is 0. The summed E-state index contributed by atoms with van der Waals surface area (Å²) >= 11 is 0. The maximum atomic E-state index is 12.4. The number of nitrogens with zero attached hydrogens (tertiary/aromatic N) is 2. The van der Waals surface area contributed by atoms with Gasteiger partial charge in [0.25, 0.3) is 0 Å². The van der Waals surface area contributed by atoms with E-state index in [-0.39, 0.29) is 12.5 Å². The Labute approximate surface area is 135 Å². The molecule has 2 saturated heterocycles. The molecule has 2 rings (SSSR count). The van der Waals surface area contributed by atoms with Gasteiger partial charge in [0.15, 0.2) is 0 Å². The third-order valence-electron chi connectivity index (χ3n) is 5.25. The van der Waals surface area contributed by atoms with Crippen LogP contribution in [-0.4, -0.2) is 72.7 Å². The molecule has 128 valence electrons. The van der Waals surface area contributed by atoms with Gasteiger partial charge in [-0.05, 0) is 64.1 Å². The Hall–Kier alpha value is -0.650. The molecule has 0 spiro atoms. The smallest absolute Gasteiger partial charge is 0.236 e. The van der Waals surface area contributed by atoms with Crippen molar-refractivity contribution < 1.29 is 9.90 Å². The zero-order chi connectivity index (χ0) is 15.8. The van der Waals surface area contributed by atoms with Crippen molar-refractivity contribution in [3.05, 3.63) is 0 Å². The highest BCUT2D eigenvalue weighted by Crippen LogP contribution is 2.19. The van der Waals surface area contributed by atoms with Gasteiger partial charge in [0.05, 0.1) is 13.2 Å². The molecule has 2 fully saturated rings. The lowest BCUT2D eigenvalue weighted by molar-refractivity contribution is -0.134. The van der Waals surface area contributed by atoms with Crippen LogP contribution < -0.4 is 5.32 Å². The number of nitrogens with one attached hydrogen (secondary N) is 1. The molecule has 2 aliphatic heterocycles. The first-order valence-electron chi connectivity index (χ1n) is 9.08. The lowest BCUT2D eigenvalue weighted by Gasteiger charge is -2.36. The average molecular weight is 311 g/mol. The highest BCUT2D eigenvalue weighted by atomic mass is 16.3. The van der Waals surface area contributed by atoms with Crippen LogP contribution in [0.25, 0.3) is 0 Å². The Morgan fingerprint density at radius 3 is 2.64 bits per heavy atom. The minimum Gasteiger partial charge on any atom is -0.395 e. The summed E-state index contributed by atoms with van der Waals surface area (Å²) in [5.74, 6) is 0.954. The Morgan fingerprint density at radius 1 is 1.18 bits per heavy atom. The molecule has 2 aliphatic rings. The number of aliphatic hydroxyl groups is 1. The number of piperidine rings is 2. The van der Waals surface area contributed by atoms with Crippen LogP contribution in [0.4, 0.5) is 0 Å². The monoisotopic (exact) mass is 311 g/mol. The van der Waals surface area contributed by atoms with Crippen LogP contribution in [0.3, 0.4) is 0 Å². The predicted molar refractivity (Wildman–Crippen MR) is 88.8 cm³/mol. The van der Waals surface area contributed by atoms with Crippen molar-refractivity contribution in [1.29, 1.82) is 0 Å². The molecule has 0 aromatic carbocycles. The second kappa shape index (κ2) is 9.48. The average Bonchev–Trinajstić information content (AvgIpc) is 2.56. The molecule has 5 nitrogen and oxygen atoms in total. The molecule has 1 atom stereocenters. The number of likely N-dealkylation sites (tertiary alicyclic amines) is 2. The van der Waals surface area contributed by atoms with E-state index in [1.54, 1.807) is 0 Å². The van der Waals surface area contributed by atoms with E-state index in [1.807, 2.05) is 0 Å². The highest BCUT2D eigenvalue weighted by Gasteiger charge is 2.25. The normalized spacial score (nSPS) is 24.6. The Balaban J connectivity index is 1.63. The standard InChI is InChI=1S/C17H33N3O2/c1-2-16-5-3-4-8-20(16)17(22)14-18-13-15-6-9-19(10-7-15)11-12-21/h15-16,18,21H,2-14H2,1H3/t16-/m0/s1. The number of carbonyl (C=O) groups excluding carboxylic acids is 1. The van der Waals surface area contributed by atoms with Crippen LogP contribution in [0.2, 0.25) is 0 Å². The Morgan fingerprint density at radius 2 is 1.95 bits per heavy atom. The summed E-state index contributed by atoms with van der Waals surface area (Å²) in [6.45, 7) is 7.77. The highest BCUT2D eigenvalue weighted by molar-refractivity contribution is 5.78. The van der Waals surface area contributed by atoms with E-state index >= 15 is 0 Å². The number of carbonyl (C=O) groups is 1. The summed E-state index contributed by atoms with van der Waals surface area (Å²) in [4.78, 5) is 16.8. The summed E-state index contributed by atoms with van der Waals surface area (Å²) in [5.41, 5.74) is 0. The molecule has 5 heteroatoms. The molecule has 0 aromatic heterocycles. The van der Waals surface area contributed by atoms with E-state index in [0.29, 0.717) is 18.5 Å². The molecule has 2 N–H and O–H groups in total. The van der Waals surface area contributed by atoms with Crippen molar-refractivity contribution in [3.63, 3.8) is 0 Å². The molecular formula is C17H33N3O2. The molecule has 0 aliphatic carbocycles. The van der Waals surface area contributed by atoms with Gasteiger partial charge in [-0.15, -0.1) is 0 Å². The lowest BCUT2D eigenvalue weighted by Crippen LogP contribution is -2.47. The third-order valence-corrected chi connectivity index (χ3v) is 5.25. The van der Waals surface area contributed by atoms with Crippen LogP contribution in [0.1, 0.15) is 45.4 Å². The first-order chi connectivity index (χ1) is 10.7. The first kappa shape index (κ1) is 17.7. The van der Waals surface area contributed by atoms with Crippen LogP contribution >= 0.6 is 0 Å². The van der Waals surface area contributed by atoms with Crippen molar-refractivity contribution in [2.45, 2.75) is 51.5 Å². The van der Waals surface area contributed by atoms with Crippen LogP contribution in [0.5, 0.6) is 0 Å². The Kier molecular flexibility index (Phi) is 7.63. The number of amides is 1. The Bertz CT molecular complexity index is 330. The number of hydrogen-bond donors (Lipinski definition) is 2. The molecule has 0 unspecified atom stereocenters. The van der Waals surface area contributed by atoms with E-state index in [1.165, 1.54) is 25.7 Å². The quantitative estimate of drug-likeness (QED) is 0.738. The van der Waals surface area contributed by atoms with Gasteiger partial charge in [-0.25, -0.2) is 0 Å². The second-order valence-corrected chi connectivity index (χ2v) is 6.78. The van der Waals surface area contributed by atoms with Crippen molar-refractivity contribution in [1.82, 2.24) is 15.1 Å². The number of aliphatic hydroxyl groups excluding tert-OH is 1. The number of β-amino-alcohol motifs (C(OH)–C–C–N with tert-alkyl or cyclic N) is 1. The van der Waals surface area contributed by atoms with Crippen molar-refractivity contribution in [2.75, 3.05) is 45.9 Å². The maximum Gasteiger partial charge on any atom is 0.236 e. The van der Waals surface area contributed by atoms with Gasteiger partial charge >= 0.3 is 0 Å². The van der Waals surface area contributed by atoms with Gasteiger partial charge in [-0.3, -0.25) is 4.79 Å².